The Hall–Kier alpha value is -3.09. The average Bonchev–Trinajstić information content (AvgIpc) is 2.67. The van der Waals surface area contributed by atoms with Gasteiger partial charge in [-0.2, -0.15) is 0 Å². The van der Waals surface area contributed by atoms with E-state index in [1.54, 1.807) is 33.2 Å². The molecule has 7 heteroatoms. The van der Waals surface area contributed by atoms with E-state index in [4.69, 9.17) is 4.74 Å². The molecule has 0 heterocycles. The number of carbonyl (C=O) groups is 2. The molecular formula is C20H24FN3O3. The van der Waals surface area contributed by atoms with Crippen molar-refractivity contribution in [2.45, 2.75) is 13.5 Å². The lowest BCUT2D eigenvalue weighted by Crippen LogP contribution is -2.41. The molecule has 3 amide bonds. The lowest BCUT2D eigenvalue weighted by atomic mass is 10.1. The fourth-order valence-electron chi connectivity index (χ4n) is 2.43. The molecule has 2 aromatic rings. The van der Waals surface area contributed by atoms with E-state index in [9.17, 15) is 14.0 Å². The SMILES string of the molecule is COc1cccc(CN(C)C(=O)NCCNC(=O)c2ccc(C)c(F)c2)c1. The number of nitrogens with one attached hydrogen (secondary N) is 2. The largest absolute Gasteiger partial charge is 0.497 e. The third-order valence-corrected chi connectivity index (χ3v) is 4.02. The van der Waals surface area contributed by atoms with Gasteiger partial charge in [-0.1, -0.05) is 18.2 Å². The van der Waals surface area contributed by atoms with Crippen LogP contribution >= 0.6 is 0 Å². The normalized spacial score (nSPS) is 10.2. The third-order valence-electron chi connectivity index (χ3n) is 4.02. The van der Waals surface area contributed by atoms with Gasteiger partial charge in [-0.05, 0) is 42.3 Å². The van der Waals surface area contributed by atoms with Crippen molar-refractivity contribution in [2.75, 3.05) is 27.2 Å². The van der Waals surface area contributed by atoms with Gasteiger partial charge in [-0.3, -0.25) is 4.79 Å². The summed E-state index contributed by atoms with van der Waals surface area (Å²) in [6, 6.07) is 11.5. The average molecular weight is 373 g/mol. The molecule has 2 rings (SSSR count). The number of ether oxygens (including phenoxy) is 1. The maximum absolute atomic E-state index is 13.5. The van der Waals surface area contributed by atoms with E-state index >= 15 is 0 Å². The summed E-state index contributed by atoms with van der Waals surface area (Å²) in [5.74, 6) is -0.0698. The Balaban J connectivity index is 1.74. The number of methoxy groups -OCH3 is 1. The highest BCUT2D eigenvalue weighted by molar-refractivity contribution is 5.94. The van der Waals surface area contributed by atoms with Gasteiger partial charge in [0.1, 0.15) is 11.6 Å². The molecule has 0 aromatic heterocycles. The van der Waals surface area contributed by atoms with E-state index in [2.05, 4.69) is 10.6 Å². The minimum atomic E-state index is -0.421. The first kappa shape index (κ1) is 20.2. The van der Waals surface area contributed by atoms with Crippen LogP contribution < -0.4 is 15.4 Å². The molecule has 0 unspecified atom stereocenters. The van der Waals surface area contributed by atoms with Crippen molar-refractivity contribution in [1.29, 1.82) is 0 Å². The van der Waals surface area contributed by atoms with Crippen molar-refractivity contribution in [3.63, 3.8) is 0 Å². The molecule has 0 spiro atoms. The monoisotopic (exact) mass is 373 g/mol. The molecular weight excluding hydrogens is 349 g/mol. The molecule has 0 bridgehead atoms. The quantitative estimate of drug-likeness (QED) is 0.733. The molecule has 2 aromatic carbocycles. The minimum absolute atomic E-state index is 0.243. The van der Waals surface area contributed by atoms with Gasteiger partial charge in [0.05, 0.1) is 7.11 Å². The third kappa shape index (κ3) is 5.99. The first-order valence-electron chi connectivity index (χ1n) is 8.57. The van der Waals surface area contributed by atoms with E-state index in [0.29, 0.717) is 12.1 Å². The van der Waals surface area contributed by atoms with Crippen LogP contribution in [0.2, 0.25) is 0 Å². The summed E-state index contributed by atoms with van der Waals surface area (Å²) >= 11 is 0. The van der Waals surface area contributed by atoms with Crippen LogP contribution in [0.5, 0.6) is 5.75 Å². The van der Waals surface area contributed by atoms with Gasteiger partial charge < -0.3 is 20.3 Å². The summed E-state index contributed by atoms with van der Waals surface area (Å²) in [5.41, 5.74) is 1.68. The first-order chi connectivity index (χ1) is 12.9. The van der Waals surface area contributed by atoms with E-state index in [1.807, 2.05) is 24.3 Å². The Labute approximate surface area is 158 Å². The van der Waals surface area contributed by atoms with Gasteiger partial charge in [0.2, 0.25) is 0 Å². The zero-order chi connectivity index (χ0) is 19.8. The van der Waals surface area contributed by atoms with Gasteiger partial charge in [0, 0.05) is 32.2 Å². The summed E-state index contributed by atoms with van der Waals surface area (Å²) in [6.07, 6.45) is 0. The number of rotatable bonds is 7. The van der Waals surface area contributed by atoms with Gasteiger partial charge in [-0.25, -0.2) is 9.18 Å². The molecule has 0 aliphatic carbocycles. The summed E-state index contributed by atoms with van der Waals surface area (Å²) in [5, 5.41) is 5.37. The smallest absolute Gasteiger partial charge is 0.317 e. The summed E-state index contributed by atoms with van der Waals surface area (Å²) in [4.78, 5) is 25.6. The van der Waals surface area contributed by atoms with Crippen LogP contribution in [0.15, 0.2) is 42.5 Å². The van der Waals surface area contributed by atoms with E-state index in [0.717, 1.165) is 11.3 Å². The number of amides is 3. The molecule has 0 radical (unpaired) electrons. The standard InChI is InChI=1S/C20H24FN3O3/c1-14-7-8-16(12-18(14)21)19(25)22-9-10-23-20(26)24(2)13-15-5-4-6-17(11-15)27-3/h4-8,11-12H,9-10,13H2,1-3H3,(H,22,25)(H,23,26). The zero-order valence-corrected chi connectivity index (χ0v) is 15.7. The molecule has 0 aliphatic rings. The van der Waals surface area contributed by atoms with Crippen LogP contribution in [0, 0.1) is 12.7 Å². The Kier molecular flexibility index (Phi) is 7.16. The minimum Gasteiger partial charge on any atom is -0.497 e. The van der Waals surface area contributed by atoms with Crippen molar-refractivity contribution in [1.82, 2.24) is 15.5 Å². The summed E-state index contributed by atoms with van der Waals surface area (Å²) in [7, 11) is 3.28. The van der Waals surface area contributed by atoms with Gasteiger partial charge in [0.15, 0.2) is 0 Å². The van der Waals surface area contributed by atoms with E-state index < -0.39 is 5.82 Å². The van der Waals surface area contributed by atoms with Crippen molar-refractivity contribution in [2.24, 2.45) is 0 Å². The maximum Gasteiger partial charge on any atom is 0.317 e. The van der Waals surface area contributed by atoms with Gasteiger partial charge in [-0.15, -0.1) is 0 Å². The Bertz CT molecular complexity index is 811. The maximum atomic E-state index is 13.5. The highest BCUT2D eigenvalue weighted by Gasteiger charge is 2.10. The highest BCUT2D eigenvalue weighted by atomic mass is 19.1. The Morgan fingerprint density at radius 2 is 1.85 bits per heavy atom. The predicted molar refractivity (Wildman–Crippen MR) is 101 cm³/mol. The number of nitrogens with zero attached hydrogens (tertiary/aromatic N) is 1. The number of carbonyl (C=O) groups excluding carboxylic acids is 2. The van der Waals surface area contributed by atoms with Crippen LogP contribution in [0.1, 0.15) is 21.5 Å². The van der Waals surface area contributed by atoms with Crippen molar-refractivity contribution < 1.29 is 18.7 Å². The molecule has 27 heavy (non-hydrogen) atoms. The van der Waals surface area contributed by atoms with Crippen LogP contribution in [0.3, 0.4) is 0 Å². The van der Waals surface area contributed by atoms with Crippen LogP contribution in [-0.4, -0.2) is 44.1 Å². The van der Waals surface area contributed by atoms with Crippen molar-refractivity contribution in [3.8, 4) is 5.75 Å². The number of aryl methyl sites for hydroxylation is 1. The molecule has 0 saturated heterocycles. The van der Waals surface area contributed by atoms with Crippen LogP contribution in [0.25, 0.3) is 0 Å². The lowest BCUT2D eigenvalue weighted by Gasteiger charge is -2.18. The van der Waals surface area contributed by atoms with Gasteiger partial charge in [0.25, 0.3) is 5.91 Å². The predicted octanol–water partition coefficient (Wildman–Crippen LogP) is 2.71. The molecule has 6 nitrogen and oxygen atoms in total. The second-order valence-electron chi connectivity index (χ2n) is 6.16. The first-order valence-corrected chi connectivity index (χ1v) is 8.57. The highest BCUT2D eigenvalue weighted by Crippen LogP contribution is 2.13. The number of urea groups is 1. The number of hydrogen-bond acceptors (Lipinski definition) is 3. The Morgan fingerprint density at radius 3 is 2.56 bits per heavy atom. The van der Waals surface area contributed by atoms with E-state index in [-0.39, 0.29) is 30.6 Å². The zero-order valence-electron chi connectivity index (χ0n) is 15.7. The second kappa shape index (κ2) is 9.56. The molecule has 2 N–H and O–H groups in total. The fourth-order valence-corrected chi connectivity index (χ4v) is 2.43. The van der Waals surface area contributed by atoms with Crippen LogP contribution in [0.4, 0.5) is 9.18 Å². The molecule has 0 saturated carbocycles. The van der Waals surface area contributed by atoms with Crippen LogP contribution in [-0.2, 0) is 6.54 Å². The second-order valence-corrected chi connectivity index (χ2v) is 6.16. The summed E-state index contributed by atoms with van der Waals surface area (Å²) in [6.45, 7) is 2.57. The van der Waals surface area contributed by atoms with Crippen molar-refractivity contribution >= 4 is 11.9 Å². The van der Waals surface area contributed by atoms with Crippen molar-refractivity contribution in [3.05, 3.63) is 65.0 Å². The number of halogens is 1. The van der Waals surface area contributed by atoms with E-state index in [1.165, 1.54) is 11.0 Å². The molecule has 0 aliphatic heterocycles. The number of benzene rings is 2. The lowest BCUT2D eigenvalue weighted by molar-refractivity contribution is 0.0953. The van der Waals surface area contributed by atoms with Gasteiger partial charge >= 0.3 is 6.03 Å². The summed E-state index contributed by atoms with van der Waals surface area (Å²) < 4.78 is 18.7. The molecule has 0 atom stereocenters. The topological polar surface area (TPSA) is 70.7 Å². The fraction of sp³-hybridized carbons (Fsp3) is 0.300. The Morgan fingerprint density at radius 1 is 1.11 bits per heavy atom. The number of hydrogen-bond donors (Lipinski definition) is 2. The molecule has 0 fully saturated rings. The molecule has 144 valence electrons.